The van der Waals surface area contributed by atoms with Crippen molar-refractivity contribution in [3.63, 3.8) is 0 Å². The van der Waals surface area contributed by atoms with Gasteiger partial charge in [0.1, 0.15) is 0 Å². The van der Waals surface area contributed by atoms with Crippen molar-refractivity contribution in [3.05, 3.63) is 28.9 Å². The molecule has 2 bridgehead atoms. The predicted molar refractivity (Wildman–Crippen MR) is 77.2 cm³/mol. The molecule has 0 saturated heterocycles. The fourth-order valence-electron chi connectivity index (χ4n) is 3.09. The molecule has 0 amide bonds. The van der Waals surface area contributed by atoms with Crippen LogP contribution in [-0.2, 0) is 0 Å². The van der Waals surface area contributed by atoms with E-state index in [9.17, 15) is 0 Å². The van der Waals surface area contributed by atoms with Gasteiger partial charge < -0.3 is 0 Å². The number of nitrogens with zero attached hydrogens (tertiary/aromatic N) is 3. The van der Waals surface area contributed by atoms with Gasteiger partial charge in [-0.05, 0) is 47.8 Å². The van der Waals surface area contributed by atoms with Crippen LogP contribution in [0.25, 0.3) is 0 Å². The summed E-state index contributed by atoms with van der Waals surface area (Å²) in [5.41, 5.74) is 4.64. The topological polar surface area (TPSA) is 50.2 Å². The molecular formula is C14H17ClN4. The Morgan fingerprint density at radius 2 is 2.26 bits per heavy atom. The molecule has 1 aromatic rings. The van der Waals surface area contributed by atoms with Gasteiger partial charge in [0, 0.05) is 0 Å². The third-order valence-electron chi connectivity index (χ3n) is 4.54. The lowest BCUT2D eigenvalue weighted by Crippen LogP contribution is -2.48. The number of anilines is 1. The van der Waals surface area contributed by atoms with Gasteiger partial charge in [-0.15, -0.1) is 10.2 Å². The summed E-state index contributed by atoms with van der Waals surface area (Å²) >= 11 is 5.67. The molecule has 1 saturated carbocycles. The number of hydrazone groups is 1. The molecule has 3 aliphatic rings. The highest BCUT2D eigenvalue weighted by atomic mass is 35.5. The maximum absolute atomic E-state index is 5.67. The predicted octanol–water partition coefficient (Wildman–Crippen LogP) is 3.52. The summed E-state index contributed by atoms with van der Waals surface area (Å²) in [6, 6.07) is 3.44. The maximum atomic E-state index is 5.67. The van der Waals surface area contributed by atoms with Crippen LogP contribution in [-0.4, -0.2) is 16.4 Å². The highest BCUT2D eigenvalue weighted by Gasteiger charge is 2.50. The molecule has 1 heterocycles. The second-order valence-corrected chi connectivity index (χ2v) is 6.24. The molecule has 5 heteroatoms. The highest BCUT2D eigenvalue weighted by molar-refractivity contribution is 6.29. The van der Waals surface area contributed by atoms with Gasteiger partial charge in [-0.2, -0.15) is 5.10 Å². The Balaban J connectivity index is 1.64. The third kappa shape index (κ3) is 2.25. The number of aromatic nitrogens is 2. The summed E-state index contributed by atoms with van der Waals surface area (Å²) in [4.78, 5) is 0. The molecule has 0 spiro atoms. The van der Waals surface area contributed by atoms with Crippen LogP contribution in [0.15, 0.2) is 28.9 Å². The SMILES string of the molecule is CC1(C)[C@H]2CC=C(/C=N\Nc3ccc(Cl)nn3)[C@H]1C2. The third-order valence-corrected chi connectivity index (χ3v) is 4.74. The smallest absolute Gasteiger partial charge is 0.168 e. The van der Waals surface area contributed by atoms with Crippen LogP contribution in [0.5, 0.6) is 0 Å². The van der Waals surface area contributed by atoms with E-state index in [1.54, 1.807) is 12.1 Å². The Bertz CT molecular complexity index is 533. The van der Waals surface area contributed by atoms with Crippen molar-refractivity contribution < 1.29 is 0 Å². The summed E-state index contributed by atoms with van der Waals surface area (Å²) in [6.45, 7) is 4.70. The molecule has 0 aliphatic heterocycles. The zero-order chi connectivity index (χ0) is 13.5. The molecule has 0 unspecified atom stereocenters. The van der Waals surface area contributed by atoms with Crippen molar-refractivity contribution in [2.24, 2.45) is 22.4 Å². The first-order valence-corrected chi connectivity index (χ1v) is 6.93. The molecule has 1 fully saturated rings. The Morgan fingerprint density at radius 3 is 2.89 bits per heavy atom. The second-order valence-electron chi connectivity index (χ2n) is 5.86. The van der Waals surface area contributed by atoms with Crippen LogP contribution >= 0.6 is 11.6 Å². The van der Waals surface area contributed by atoms with Crippen LogP contribution in [0, 0.1) is 17.3 Å². The quantitative estimate of drug-likeness (QED) is 0.679. The van der Waals surface area contributed by atoms with Crippen molar-refractivity contribution in [3.8, 4) is 0 Å². The number of rotatable bonds is 3. The Kier molecular flexibility index (Phi) is 3.05. The molecule has 4 nitrogen and oxygen atoms in total. The average Bonchev–Trinajstić information content (AvgIpc) is 2.41. The Morgan fingerprint density at radius 1 is 1.42 bits per heavy atom. The zero-order valence-electron chi connectivity index (χ0n) is 11.1. The molecule has 4 rings (SSSR count). The summed E-state index contributed by atoms with van der Waals surface area (Å²) in [6.07, 6.45) is 6.69. The van der Waals surface area contributed by atoms with E-state index in [1.165, 1.54) is 18.4 Å². The van der Waals surface area contributed by atoms with Crippen LogP contribution in [0.3, 0.4) is 0 Å². The van der Waals surface area contributed by atoms with Crippen LogP contribution in [0.4, 0.5) is 5.82 Å². The number of nitrogens with one attached hydrogen (secondary N) is 1. The lowest BCUT2D eigenvalue weighted by atomic mass is 9.49. The lowest BCUT2D eigenvalue weighted by molar-refractivity contribution is -0.00124. The van der Waals surface area contributed by atoms with Gasteiger partial charge in [0.25, 0.3) is 0 Å². The van der Waals surface area contributed by atoms with E-state index in [1.807, 2.05) is 6.21 Å². The van der Waals surface area contributed by atoms with Gasteiger partial charge in [-0.25, -0.2) is 0 Å². The number of hydrogen-bond acceptors (Lipinski definition) is 4. The van der Waals surface area contributed by atoms with Gasteiger partial charge in [0.05, 0.1) is 6.21 Å². The number of halogens is 1. The molecule has 1 aromatic heterocycles. The highest BCUT2D eigenvalue weighted by Crippen LogP contribution is 2.58. The standard InChI is InChI=1S/C14H17ClN4/c1-14(2)10-4-3-9(11(14)7-10)8-16-18-13-6-5-12(15)17-19-13/h3,5-6,8,10-11H,4,7H2,1-2H3,(H,18,19)/b16-8-/t10-,11+/m0/s1. The minimum absolute atomic E-state index is 0.381. The monoisotopic (exact) mass is 276 g/mol. The summed E-state index contributed by atoms with van der Waals surface area (Å²) in [5, 5.41) is 12.3. The van der Waals surface area contributed by atoms with Crippen molar-refractivity contribution in [1.29, 1.82) is 0 Å². The van der Waals surface area contributed by atoms with Gasteiger partial charge >= 0.3 is 0 Å². The first-order valence-electron chi connectivity index (χ1n) is 6.56. The van der Waals surface area contributed by atoms with E-state index in [-0.39, 0.29) is 0 Å². The molecule has 100 valence electrons. The summed E-state index contributed by atoms with van der Waals surface area (Å²) in [5.74, 6) is 2.10. The van der Waals surface area contributed by atoms with Crippen molar-refractivity contribution >= 4 is 23.6 Å². The lowest BCUT2D eigenvalue weighted by Gasteiger charge is -2.55. The molecule has 0 radical (unpaired) electrons. The van der Waals surface area contributed by atoms with E-state index >= 15 is 0 Å². The molecule has 1 N–H and O–H groups in total. The fourth-order valence-corrected chi connectivity index (χ4v) is 3.19. The van der Waals surface area contributed by atoms with Crippen molar-refractivity contribution in [1.82, 2.24) is 10.2 Å². The minimum Gasteiger partial charge on any atom is -0.260 e. The first kappa shape index (κ1) is 12.6. The molecule has 19 heavy (non-hydrogen) atoms. The molecule has 3 aliphatic carbocycles. The van der Waals surface area contributed by atoms with Crippen molar-refractivity contribution in [2.45, 2.75) is 26.7 Å². The van der Waals surface area contributed by atoms with Crippen LogP contribution in [0.1, 0.15) is 26.7 Å². The van der Waals surface area contributed by atoms with Crippen molar-refractivity contribution in [2.75, 3.05) is 5.43 Å². The number of fused-ring (bicyclic) bond motifs is 1. The van der Waals surface area contributed by atoms with Gasteiger partial charge in [0.2, 0.25) is 0 Å². The van der Waals surface area contributed by atoms with E-state index in [0.29, 0.717) is 22.3 Å². The van der Waals surface area contributed by atoms with E-state index < -0.39 is 0 Å². The van der Waals surface area contributed by atoms with E-state index in [4.69, 9.17) is 11.6 Å². The second kappa shape index (κ2) is 4.60. The summed E-state index contributed by atoms with van der Waals surface area (Å²) < 4.78 is 0. The summed E-state index contributed by atoms with van der Waals surface area (Å²) in [7, 11) is 0. The number of hydrogen-bond donors (Lipinski definition) is 1. The van der Waals surface area contributed by atoms with Crippen LogP contribution in [0.2, 0.25) is 5.15 Å². The van der Waals surface area contributed by atoms with E-state index in [0.717, 1.165) is 5.92 Å². The number of allylic oxidation sites excluding steroid dienone is 2. The molecule has 2 atom stereocenters. The Hall–Kier alpha value is -1.42. The van der Waals surface area contributed by atoms with Gasteiger partial charge in [0.15, 0.2) is 11.0 Å². The normalized spacial score (nSPS) is 27.8. The Labute approximate surface area is 118 Å². The molecule has 0 aromatic carbocycles. The van der Waals surface area contributed by atoms with Gasteiger partial charge in [-0.1, -0.05) is 31.5 Å². The van der Waals surface area contributed by atoms with Crippen LogP contribution < -0.4 is 5.43 Å². The maximum Gasteiger partial charge on any atom is 0.168 e. The largest absolute Gasteiger partial charge is 0.260 e. The zero-order valence-corrected chi connectivity index (χ0v) is 11.9. The first-order chi connectivity index (χ1) is 9.07. The fraction of sp³-hybridized carbons (Fsp3) is 0.500. The van der Waals surface area contributed by atoms with Gasteiger partial charge in [-0.3, -0.25) is 5.43 Å². The minimum atomic E-state index is 0.381. The molecular weight excluding hydrogens is 260 g/mol. The van der Waals surface area contributed by atoms with E-state index in [2.05, 4.69) is 40.6 Å². The average molecular weight is 277 g/mol.